The molecule has 0 heterocycles. The van der Waals surface area contributed by atoms with E-state index >= 15 is 0 Å². The standard InChI is InChI=1S/C16H12O4/c1-9(17)20-13-7-3-5-11-8-10-4-2-6-12(18)14(10)16(19)15(11)13/h2-8,18-19H,1H3. The molecule has 2 N–H and O–H groups in total. The van der Waals surface area contributed by atoms with Crippen LogP contribution in [0.3, 0.4) is 0 Å². The molecule has 0 saturated carbocycles. The van der Waals surface area contributed by atoms with E-state index in [2.05, 4.69) is 0 Å². The van der Waals surface area contributed by atoms with Gasteiger partial charge >= 0.3 is 5.97 Å². The average molecular weight is 268 g/mol. The van der Waals surface area contributed by atoms with Gasteiger partial charge in [-0.1, -0.05) is 24.3 Å². The summed E-state index contributed by atoms with van der Waals surface area (Å²) in [6.07, 6.45) is 0. The molecule has 0 atom stereocenters. The maximum absolute atomic E-state index is 11.1. The zero-order valence-corrected chi connectivity index (χ0v) is 10.8. The SMILES string of the molecule is CC(=O)Oc1cccc2cc3cccc(O)c3c(O)c12. The van der Waals surface area contributed by atoms with Crippen LogP contribution in [-0.4, -0.2) is 16.2 Å². The third kappa shape index (κ3) is 1.82. The lowest BCUT2D eigenvalue weighted by Gasteiger charge is -2.11. The smallest absolute Gasteiger partial charge is 0.308 e. The Hall–Kier alpha value is -2.75. The number of fused-ring (bicyclic) bond motifs is 2. The second kappa shape index (κ2) is 4.42. The Morgan fingerprint density at radius 1 is 1.00 bits per heavy atom. The molecule has 0 radical (unpaired) electrons. The van der Waals surface area contributed by atoms with Crippen LogP contribution >= 0.6 is 0 Å². The maximum Gasteiger partial charge on any atom is 0.308 e. The van der Waals surface area contributed by atoms with Crippen molar-refractivity contribution < 1.29 is 19.7 Å². The predicted molar refractivity (Wildman–Crippen MR) is 76.1 cm³/mol. The van der Waals surface area contributed by atoms with Gasteiger partial charge in [-0.05, 0) is 29.0 Å². The first-order chi connectivity index (χ1) is 9.58. The van der Waals surface area contributed by atoms with Crippen molar-refractivity contribution in [3.05, 3.63) is 42.5 Å². The second-order valence-corrected chi connectivity index (χ2v) is 4.55. The molecule has 0 aliphatic carbocycles. The van der Waals surface area contributed by atoms with E-state index in [0.717, 1.165) is 10.8 Å². The van der Waals surface area contributed by atoms with E-state index in [4.69, 9.17) is 4.74 Å². The number of hydrogen-bond acceptors (Lipinski definition) is 4. The molecular formula is C16H12O4. The molecule has 4 heteroatoms. The van der Waals surface area contributed by atoms with Crippen molar-refractivity contribution in [3.8, 4) is 17.2 Å². The van der Waals surface area contributed by atoms with Crippen molar-refractivity contribution in [2.75, 3.05) is 0 Å². The Kier molecular flexibility index (Phi) is 2.71. The van der Waals surface area contributed by atoms with Crippen LogP contribution in [0, 0.1) is 0 Å². The fraction of sp³-hybridized carbons (Fsp3) is 0.0625. The average Bonchev–Trinajstić information content (AvgIpc) is 2.38. The van der Waals surface area contributed by atoms with Gasteiger partial charge in [0.1, 0.15) is 17.2 Å². The number of esters is 1. The van der Waals surface area contributed by atoms with Crippen LogP contribution in [0.1, 0.15) is 6.92 Å². The third-order valence-electron chi connectivity index (χ3n) is 3.17. The Morgan fingerprint density at radius 3 is 2.35 bits per heavy atom. The largest absolute Gasteiger partial charge is 0.507 e. The summed E-state index contributed by atoms with van der Waals surface area (Å²) in [6.45, 7) is 1.30. The van der Waals surface area contributed by atoms with Gasteiger partial charge in [-0.2, -0.15) is 0 Å². The summed E-state index contributed by atoms with van der Waals surface area (Å²) in [5.41, 5.74) is 0. The fourth-order valence-electron chi connectivity index (χ4n) is 2.39. The number of benzene rings is 3. The van der Waals surface area contributed by atoms with Crippen LogP contribution < -0.4 is 4.74 Å². The fourth-order valence-corrected chi connectivity index (χ4v) is 2.39. The van der Waals surface area contributed by atoms with E-state index in [1.165, 1.54) is 13.0 Å². The molecule has 0 aliphatic heterocycles. The van der Waals surface area contributed by atoms with E-state index in [1.54, 1.807) is 24.3 Å². The summed E-state index contributed by atoms with van der Waals surface area (Å²) in [5, 5.41) is 22.6. The van der Waals surface area contributed by atoms with Crippen molar-refractivity contribution >= 4 is 27.5 Å². The minimum absolute atomic E-state index is 0.0143. The summed E-state index contributed by atoms with van der Waals surface area (Å²) in [4.78, 5) is 11.1. The number of carbonyl (C=O) groups is 1. The normalized spacial score (nSPS) is 10.8. The minimum atomic E-state index is -0.464. The predicted octanol–water partition coefficient (Wildman–Crippen LogP) is 3.33. The van der Waals surface area contributed by atoms with Crippen molar-refractivity contribution in [2.45, 2.75) is 6.92 Å². The molecule has 0 aliphatic rings. The lowest BCUT2D eigenvalue weighted by Crippen LogP contribution is -2.01. The molecule has 20 heavy (non-hydrogen) atoms. The third-order valence-corrected chi connectivity index (χ3v) is 3.17. The lowest BCUT2D eigenvalue weighted by molar-refractivity contribution is -0.131. The number of rotatable bonds is 1. The molecule has 0 unspecified atom stereocenters. The molecule has 3 aromatic rings. The molecule has 0 amide bonds. The van der Waals surface area contributed by atoms with Crippen LogP contribution in [0.15, 0.2) is 42.5 Å². The highest BCUT2D eigenvalue weighted by Crippen LogP contribution is 2.42. The first kappa shape index (κ1) is 12.3. The molecule has 3 rings (SSSR count). The maximum atomic E-state index is 11.1. The lowest BCUT2D eigenvalue weighted by atomic mass is 10.0. The molecule has 100 valence electrons. The van der Waals surface area contributed by atoms with Gasteiger partial charge in [0.15, 0.2) is 0 Å². The number of aromatic hydroxyl groups is 2. The highest BCUT2D eigenvalue weighted by molar-refractivity contribution is 6.09. The first-order valence-corrected chi connectivity index (χ1v) is 6.12. The van der Waals surface area contributed by atoms with E-state index in [0.29, 0.717) is 10.8 Å². The molecule has 0 saturated heterocycles. The summed E-state index contributed by atoms with van der Waals surface area (Å²) < 4.78 is 5.12. The van der Waals surface area contributed by atoms with E-state index in [9.17, 15) is 15.0 Å². The van der Waals surface area contributed by atoms with Gasteiger partial charge in [-0.3, -0.25) is 4.79 Å². The van der Waals surface area contributed by atoms with E-state index in [-0.39, 0.29) is 17.2 Å². The molecule has 4 nitrogen and oxygen atoms in total. The van der Waals surface area contributed by atoms with Gasteiger partial charge in [0.25, 0.3) is 0 Å². The van der Waals surface area contributed by atoms with Gasteiger partial charge < -0.3 is 14.9 Å². The molecule has 0 spiro atoms. The van der Waals surface area contributed by atoms with E-state index < -0.39 is 5.97 Å². The number of hydrogen-bond donors (Lipinski definition) is 2. The second-order valence-electron chi connectivity index (χ2n) is 4.55. The Bertz CT molecular complexity index is 837. The Morgan fingerprint density at radius 2 is 1.65 bits per heavy atom. The quantitative estimate of drug-likeness (QED) is 0.403. The Balaban J connectivity index is 2.46. The molecule has 0 aromatic heterocycles. The van der Waals surface area contributed by atoms with Crippen molar-refractivity contribution in [2.24, 2.45) is 0 Å². The number of phenolic OH excluding ortho intramolecular Hbond substituents is 2. The van der Waals surface area contributed by atoms with Crippen LogP contribution in [-0.2, 0) is 4.79 Å². The number of carbonyl (C=O) groups excluding carboxylic acids is 1. The number of phenols is 2. The Labute approximate surface area is 114 Å². The van der Waals surface area contributed by atoms with Gasteiger partial charge in [-0.25, -0.2) is 0 Å². The number of ether oxygens (including phenoxy) is 1. The van der Waals surface area contributed by atoms with Crippen molar-refractivity contribution in [3.63, 3.8) is 0 Å². The highest BCUT2D eigenvalue weighted by atomic mass is 16.5. The summed E-state index contributed by atoms with van der Waals surface area (Å²) in [5.74, 6) is -0.293. The van der Waals surface area contributed by atoms with Crippen molar-refractivity contribution in [1.82, 2.24) is 0 Å². The van der Waals surface area contributed by atoms with Crippen LogP contribution in [0.4, 0.5) is 0 Å². The minimum Gasteiger partial charge on any atom is -0.507 e. The van der Waals surface area contributed by atoms with Crippen LogP contribution in [0.25, 0.3) is 21.5 Å². The van der Waals surface area contributed by atoms with Crippen LogP contribution in [0.2, 0.25) is 0 Å². The van der Waals surface area contributed by atoms with Gasteiger partial charge in [0, 0.05) is 6.92 Å². The summed E-state index contributed by atoms with van der Waals surface area (Å²) in [7, 11) is 0. The monoisotopic (exact) mass is 268 g/mol. The summed E-state index contributed by atoms with van der Waals surface area (Å²) in [6, 6.07) is 12.0. The zero-order valence-electron chi connectivity index (χ0n) is 10.8. The zero-order chi connectivity index (χ0) is 14.3. The van der Waals surface area contributed by atoms with Gasteiger partial charge in [-0.15, -0.1) is 0 Å². The van der Waals surface area contributed by atoms with E-state index in [1.807, 2.05) is 12.1 Å². The van der Waals surface area contributed by atoms with Gasteiger partial charge in [0.05, 0.1) is 10.8 Å². The molecule has 0 bridgehead atoms. The molecular weight excluding hydrogens is 256 g/mol. The summed E-state index contributed by atoms with van der Waals surface area (Å²) >= 11 is 0. The van der Waals surface area contributed by atoms with Crippen LogP contribution in [0.5, 0.6) is 17.2 Å². The topological polar surface area (TPSA) is 66.8 Å². The van der Waals surface area contributed by atoms with Gasteiger partial charge in [0.2, 0.25) is 0 Å². The van der Waals surface area contributed by atoms with Crippen molar-refractivity contribution in [1.29, 1.82) is 0 Å². The highest BCUT2D eigenvalue weighted by Gasteiger charge is 2.14. The first-order valence-electron chi connectivity index (χ1n) is 6.12. The molecule has 3 aromatic carbocycles. The molecule has 0 fully saturated rings.